The Bertz CT molecular complexity index is 1080. The summed E-state index contributed by atoms with van der Waals surface area (Å²) in [7, 11) is 1.47. The molecule has 0 radical (unpaired) electrons. The second kappa shape index (κ2) is 8.22. The predicted octanol–water partition coefficient (Wildman–Crippen LogP) is 3.66. The van der Waals surface area contributed by atoms with Gasteiger partial charge in [0, 0.05) is 22.3 Å². The zero-order chi connectivity index (χ0) is 20.3. The fourth-order valence-corrected chi connectivity index (χ4v) is 2.88. The minimum Gasteiger partial charge on any atom is -0.495 e. The summed E-state index contributed by atoms with van der Waals surface area (Å²) in [5.41, 5.74) is 1.02. The third kappa shape index (κ3) is 4.37. The van der Waals surface area contributed by atoms with Gasteiger partial charge in [-0.1, -0.05) is 11.6 Å². The highest BCUT2D eigenvalue weighted by Crippen LogP contribution is 2.27. The van der Waals surface area contributed by atoms with Crippen molar-refractivity contribution in [2.75, 3.05) is 12.4 Å². The molecule has 1 aromatic heterocycles. The summed E-state index contributed by atoms with van der Waals surface area (Å²) < 4.78 is 19.7. The summed E-state index contributed by atoms with van der Waals surface area (Å²) in [5.74, 6) is -0.156. The number of amides is 1. The molecule has 3 rings (SSSR count). The lowest BCUT2D eigenvalue weighted by Gasteiger charge is -2.14. The number of benzene rings is 2. The Labute approximate surface area is 165 Å². The molecule has 144 valence electrons. The van der Waals surface area contributed by atoms with Crippen LogP contribution in [0, 0.1) is 12.7 Å². The molecule has 0 aliphatic carbocycles. The number of ether oxygens (including phenoxy) is 1. The van der Waals surface area contributed by atoms with E-state index in [1.54, 1.807) is 25.1 Å². The molecule has 0 aliphatic rings. The SMILES string of the molecule is COc1ccc(Cl)cc1NC(=O)Cn1c(-c2ccc(F)cc2)nc(C)cc1=O. The summed E-state index contributed by atoms with van der Waals surface area (Å²) in [6, 6.07) is 11.7. The maximum absolute atomic E-state index is 13.2. The van der Waals surface area contributed by atoms with Gasteiger partial charge < -0.3 is 10.1 Å². The van der Waals surface area contributed by atoms with Crippen molar-refractivity contribution in [1.29, 1.82) is 0 Å². The first kappa shape index (κ1) is 19.6. The molecule has 0 saturated heterocycles. The number of carbonyl (C=O) groups is 1. The largest absolute Gasteiger partial charge is 0.495 e. The molecule has 8 heteroatoms. The van der Waals surface area contributed by atoms with Crippen molar-refractivity contribution in [3.8, 4) is 17.1 Å². The van der Waals surface area contributed by atoms with Crippen LogP contribution in [0.3, 0.4) is 0 Å². The van der Waals surface area contributed by atoms with Crippen LogP contribution in [0.25, 0.3) is 11.4 Å². The maximum atomic E-state index is 13.2. The summed E-state index contributed by atoms with van der Waals surface area (Å²) in [6.07, 6.45) is 0. The lowest BCUT2D eigenvalue weighted by Crippen LogP contribution is -2.29. The van der Waals surface area contributed by atoms with E-state index in [0.717, 1.165) is 0 Å². The second-order valence-corrected chi connectivity index (χ2v) is 6.48. The van der Waals surface area contributed by atoms with E-state index in [4.69, 9.17) is 16.3 Å². The third-order valence-corrected chi connectivity index (χ3v) is 4.21. The van der Waals surface area contributed by atoms with Gasteiger partial charge in [0.15, 0.2) is 0 Å². The van der Waals surface area contributed by atoms with Gasteiger partial charge in [0.1, 0.15) is 23.9 Å². The molecule has 0 aliphatic heterocycles. The molecule has 0 bridgehead atoms. The van der Waals surface area contributed by atoms with Crippen LogP contribution in [-0.4, -0.2) is 22.6 Å². The third-order valence-electron chi connectivity index (χ3n) is 3.98. The predicted molar refractivity (Wildman–Crippen MR) is 105 cm³/mol. The van der Waals surface area contributed by atoms with E-state index in [1.807, 2.05) is 0 Å². The molecule has 0 unspecified atom stereocenters. The van der Waals surface area contributed by atoms with Gasteiger partial charge in [-0.25, -0.2) is 9.37 Å². The molecule has 2 aromatic carbocycles. The molecular weight excluding hydrogens is 385 g/mol. The summed E-state index contributed by atoms with van der Waals surface area (Å²) in [4.78, 5) is 29.4. The Kier molecular flexibility index (Phi) is 5.75. The van der Waals surface area contributed by atoms with Crippen LogP contribution in [0.5, 0.6) is 5.75 Å². The van der Waals surface area contributed by atoms with Crippen LogP contribution in [0.2, 0.25) is 5.02 Å². The number of halogens is 2. The molecule has 3 aromatic rings. The number of aromatic nitrogens is 2. The lowest BCUT2D eigenvalue weighted by molar-refractivity contribution is -0.116. The van der Waals surface area contributed by atoms with Gasteiger partial charge in [0.25, 0.3) is 5.56 Å². The smallest absolute Gasteiger partial charge is 0.254 e. The van der Waals surface area contributed by atoms with Gasteiger partial charge >= 0.3 is 0 Å². The highest BCUT2D eigenvalue weighted by molar-refractivity contribution is 6.31. The lowest BCUT2D eigenvalue weighted by atomic mass is 10.2. The molecular formula is C20H17ClFN3O3. The quantitative estimate of drug-likeness (QED) is 0.708. The first-order chi connectivity index (χ1) is 13.4. The van der Waals surface area contributed by atoms with Crippen molar-refractivity contribution < 1.29 is 13.9 Å². The van der Waals surface area contributed by atoms with Crippen LogP contribution < -0.4 is 15.6 Å². The Hall–Kier alpha value is -3.19. The summed E-state index contributed by atoms with van der Waals surface area (Å²) in [5, 5.41) is 3.11. The molecule has 1 N–H and O–H groups in total. The van der Waals surface area contributed by atoms with E-state index in [2.05, 4.69) is 10.3 Å². The van der Waals surface area contributed by atoms with Gasteiger partial charge in [0.05, 0.1) is 12.8 Å². The number of rotatable bonds is 5. The van der Waals surface area contributed by atoms with Crippen LogP contribution in [-0.2, 0) is 11.3 Å². The first-order valence-corrected chi connectivity index (χ1v) is 8.73. The van der Waals surface area contributed by atoms with Crippen LogP contribution in [0.15, 0.2) is 53.3 Å². The number of anilines is 1. The molecule has 1 heterocycles. The van der Waals surface area contributed by atoms with Crippen LogP contribution in [0.4, 0.5) is 10.1 Å². The van der Waals surface area contributed by atoms with Gasteiger partial charge in [-0.05, 0) is 49.4 Å². The van der Waals surface area contributed by atoms with E-state index < -0.39 is 11.7 Å². The van der Waals surface area contributed by atoms with Crippen molar-refractivity contribution in [1.82, 2.24) is 9.55 Å². The minimum absolute atomic E-state index is 0.276. The van der Waals surface area contributed by atoms with Crippen molar-refractivity contribution in [3.63, 3.8) is 0 Å². The summed E-state index contributed by atoms with van der Waals surface area (Å²) in [6.45, 7) is 1.39. The van der Waals surface area contributed by atoms with Crippen molar-refractivity contribution in [2.45, 2.75) is 13.5 Å². The molecule has 0 fully saturated rings. The van der Waals surface area contributed by atoms with Gasteiger partial charge in [-0.15, -0.1) is 0 Å². The fourth-order valence-electron chi connectivity index (χ4n) is 2.70. The first-order valence-electron chi connectivity index (χ1n) is 8.35. The average molecular weight is 402 g/mol. The normalized spacial score (nSPS) is 10.6. The zero-order valence-electron chi connectivity index (χ0n) is 15.2. The second-order valence-electron chi connectivity index (χ2n) is 6.05. The number of hydrogen-bond acceptors (Lipinski definition) is 4. The van der Waals surface area contributed by atoms with E-state index in [0.29, 0.717) is 27.7 Å². The molecule has 28 heavy (non-hydrogen) atoms. The minimum atomic E-state index is -0.461. The summed E-state index contributed by atoms with van der Waals surface area (Å²) >= 11 is 5.98. The van der Waals surface area contributed by atoms with Crippen molar-refractivity contribution in [2.24, 2.45) is 0 Å². The number of methoxy groups -OCH3 is 1. The molecule has 0 atom stereocenters. The Morgan fingerprint density at radius 1 is 1.21 bits per heavy atom. The number of nitrogens with one attached hydrogen (secondary N) is 1. The van der Waals surface area contributed by atoms with Crippen LogP contribution in [0.1, 0.15) is 5.69 Å². The van der Waals surface area contributed by atoms with Crippen molar-refractivity contribution in [3.05, 3.63) is 75.4 Å². The van der Waals surface area contributed by atoms with E-state index >= 15 is 0 Å². The Morgan fingerprint density at radius 2 is 1.93 bits per heavy atom. The van der Waals surface area contributed by atoms with Gasteiger partial charge in [0.2, 0.25) is 5.91 Å². The number of hydrogen-bond donors (Lipinski definition) is 1. The highest BCUT2D eigenvalue weighted by atomic mass is 35.5. The van der Waals surface area contributed by atoms with E-state index in [9.17, 15) is 14.0 Å². The molecule has 0 saturated carbocycles. The number of nitrogens with zero attached hydrogens (tertiary/aromatic N) is 2. The van der Waals surface area contributed by atoms with Gasteiger partial charge in [-0.3, -0.25) is 14.2 Å². The fraction of sp³-hybridized carbons (Fsp3) is 0.150. The Balaban J connectivity index is 1.94. The maximum Gasteiger partial charge on any atom is 0.254 e. The average Bonchev–Trinajstić information content (AvgIpc) is 2.64. The highest BCUT2D eigenvalue weighted by Gasteiger charge is 2.15. The number of aryl methyl sites for hydroxylation is 1. The molecule has 6 nitrogen and oxygen atoms in total. The Morgan fingerprint density at radius 3 is 2.61 bits per heavy atom. The van der Waals surface area contributed by atoms with Gasteiger partial charge in [-0.2, -0.15) is 0 Å². The zero-order valence-corrected chi connectivity index (χ0v) is 16.0. The topological polar surface area (TPSA) is 73.2 Å². The van der Waals surface area contributed by atoms with E-state index in [-0.39, 0.29) is 17.9 Å². The monoisotopic (exact) mass is 401 g/mol. The standard InChI is InChI=1S/C20H17ClFN3O3/c1-12-9-19(27)25(20(23-12)13-3-6-15(22)7-4-13)11-18(26)24-16-10-14(21)5-8-17(16)28-2/h3-10H,11H2,1-2H3,(H,24,26). The van der Waals surface area contributed by atoms with Crippen LogP contribution >= 0.6 is 11.6 Å². The van der Waals surface area contributed by atoms with E-state index in [1.165, 1.54) is 42.0 Å². The molecule has 0 spiro atoms. The van der Waals surface area contributed by atoms with Crippen molar-refractivity contribution >= 4 is 23.2 Å². The number of carbonyl (C=O) groups excluding carboxylic acids is 1. The molecule has 1 amide bonds.